The van der Waals surface area contributed by atoms with Crippen LogP contribution in [0.5, 0.6) is 17.2 Å². The number of benzene rings is 2. The van der Waals surface area contributed by atoms with Crippen LogP contribution >= 0.6 is 0 Å². The molecular weight excluding hydrogens is 446 g/mol. The summed E-state index contributed by atoms with van der Waals surface area (Å²) in [6.07, 6.45) is 1.11. The van der Waals surface area contributed by atoms with Gasteiger partial charge in [0.25, 0.3) is 0 Å². The van der Waals surface area contributed by atoms with Gasteiger partial charge >= 0.3 is 0 Å². The Balaban J connectivity index is 1.34. The number of anilines is 1. The monoisotopic (exact) mass is 475 g/mol. The molecule has 4 rings (SSSR count). The molecule has 0 spiro atoms. The molecule has 0 N–H and O–H groups in total. The third kappa shape index (κ3) is 5.69. The Morgan fingerprint density at radius 1 is 1.03 bits per heavy atom. The molecule has 9 nitrogen and oxygen atoms in total. The fourth-order valence-corrected chi connectivity index (χ4v) is 4.80. The second kappa shape index (κ2) is 9.88. The van der Waals surface area contributed by atoms with Gasteiger partial charge in [0.1, 0.15) is 12.3 Å². The molecule has 0 aromatic heterocycles. The number of carbonyl (C=O) groups excluding carboxylic acids is 1. The molecule has 2 heterocycles. The third-order valence-electron chi connectivity index (χ3n) is 5.68. The Bertz CT molecular complexity index is 1080. The highest BCUT2D eigenvalue weighted by molar-refractivity contribution is 7.92. The van der Waals surface area contributed by atoms with E-state index >= 15 is 0 Å². The van der Waals surface area contributed by atoms with E-state index in [2.05, 4.69) is 4.90 Å². The summed E-state index contributed by atoms with van der Waals surface area (Å²) >= 11 is 0. The molecule has 1 saturated heterocycles. The summed E-state index contributed by atoms with van der Waals surface area (Å²) in [5.41, 5.74) is 1.56. The average Bonchev–Trinajstić information content (AvgIpc) is 3.26. The van der Waals surface area contributed by atoms with Crippen molar-refractivity contribution in [2.45, 2.75) is 13.5 Å². The fraction of sp³-hybridized carbons (Fsp3) is 0.435. The lowest BCUT2D eigenvalue weighted by Crippen LogP contribution is -2.51. The summed E-state index contributed by atoms with van der Waals surface area (Å²) in [7, 11) is -3.62. The Kier molecular flexibility index (Phi) is 6.94. The normalized spacial score (nSPS) is 16.0. The molecule has 178 valence electrons. The highest BCUT2D eigenvalue weighted by Gasteiger charge is 2.27. The number of rotatable bonds is 8. The summed E-state index contributed by atoms with van der Waals surface area (Å²) in [5.74, 6) is 1.96. The molecule has 1 amide bonds. The molecule has 2 aromatic rings. The zero-order valence-corrected chi connectivity index (χ0v) is 19.7. The van der Waals surface area contributed by atoms with Gasteiger partial charge in [-0.05, 0) is 48.9 Å². The number of hydrogen-bond acceptors (Lipinski definition) is 7. The summed E-state index contributed by atoms with van der Waals surface area (Å²) in [4.78, 5) is 16.9. The van der Waals surface area contributed by atoms with E-state index in [1.165, 1.54) is 0 Å². The quantitative estimate of drug-likeness (QED) is 0.576. The van der Waals surface area contributed by atoms with Gasteiger partial charge in [-0.2, -0.15) is 0 Å². The second-order valence-electron chi connectivity index (χ2n) is 8.04. The van der Waals surface area contributed by atoms with E-state index in [4.69, 9.17) is 14.2 Å². The van der Waals surface area contributed by atoms with Crippen molar-refractivity contribution in [3.8, 4) is 17.2 Å². The highest BCUT2D eigenvalue weighted by atomic mass is 32.2. The molecule has 0 saturated carbocycles. The van der Waals surface area contributed by atoms with E-state index in [0.717, 1.165) is 34.2 Å². The number of hydrogen-bond donors (Lipinski definition) is 0. The Hall–Kier alpha value is -2.98. The van der Waals surface area contributed by atoms with Crippen LogP contribution in [0.15, 0.2) is 42.5 Å². The first-order chi connectivity index (χ1) is 15.8. The van der Waals surface area contributed by atoms with Crippen LogP contribution in [0.2, 0.25) is 0 Å². The fourth-order valence-electron chi connectivity index (χ4n) is 3.95. The van der Waals surface area contributed by atoms with Gasteiger partial charge in [-0.25, -0.2) is 8.42 Å². The van der Waals surface area contributed by atoms with Gasteiger partial charge in [0, 0.05) is 32.7 Å². The third-order valence-corrected chi connectivity index (χ3v) is 6.82. The second-order valence-corrected chi connectivity index (χ2v) is 9.95. The van der Waals surface area contributed by atoms with E-state index in [9.17, 15) is 13.2 Å². The molecule has 2 aliphatic heterocycles. The van der Waals surface area contributed by atoms with Crippen molar-refractivity contribution in [2.75, 3.05) is 56.7 Å². The number of nitrogens with zero attached hydrogens (tertiary/aromatic N) is 3. The number of amides is 1. The van der Waals surface area contributed by atoms with Crippen molar-refractivity contribution in [2.24, 2.45) is 0 Å². The molecule has 0 atom stereocenters. The minimum Gasteiger partial charge on any atom is -0.494 e. The van der Waals surface area contributed by atoms with Gasteiger partial charge in [0.15, 0.2) is 11.5 Å². The molecule has 0 radical (unpaired) electrons. The maximum atomic E-state index is 12.9. The van der Waals surface area contributed by atoms with Gasteiger partial charge in [0.2, 0.25) is 22.7 Å². The van der Waals surface area contributed by atoms with Crippen molar-refractivity contribution >= 4 is 21.6 Å². The summed E-state index contributed by atoms with van der Waals surface area (Å²) < 4.78 is 42.1. The summed E-state index contributed by atoms with van der Waals surface area (Å²) in [6, 6.07) is 12.6. The van der Waals surface area contributed by atoms with Crippen LogP contribution in [0.1, 0.15) is 12.5 Å². The first-order valence-corrected chi connectivity index (χ1v) is 12.8. The van der Waals surface area contributed by atoms with E-state index in [1.54, 1.807) is 29.2 Å². The van der Waals surface area contributed by atoms with E-state index in [1.807, 2.05) is 25.1 Å². The minimum atomic E-state index is -3.62. The van der Waals surface area contributed by atoms with Crippen LogP contribution in [0.4, 0.5) is 5.69 Å². The van der Waals surface area contributed by atoms with Gasteiger partial charge in [0.05, 0.1) is 18.6 Å². The van der Waals surface area contributed by atoms with E-state index in [-0.39, 0.29) is 19.2 Å². The smallest absolute Gasteiger partial charge is 0.243 e. The van der Waals surface area contributed by atoms with Gasteiger partial charge < -0.3 is 19.1 Å². The molecule has 0 aliphatic carbocycles. The van der Waals surface area contributed by atoms with Crippen LogP contribution in [-0.4, -0.2) is 76.5 Å². The maximum absolute atomic E-state index is 12.9. The molecule has 0 unspecified atom stereocenters. The van der Waals surface area contributed by atoms with Crippen molar-refractivity contribution in [3.05, 3.63) is 48.0 Å². The number of piperazine rings is 1. The van der Waals surface area contributed by atoms with Crippen LogP contribution in [0, 0.1) is 0 Å². The average molecular weight is 476 g/mol. The molecule has 2 aromatic carbocycles. The Labute approximate surface area is 194 Å². The number of ether oxygens (including phenoxy) is 3. The summed E-state index contributed by atoms with van der Waals surface area (Å²) in [6.45, 7) is 5.69. The van der Waals surface area contributed by atoms with Gasteiger partial charge in [-0.3, -0.25) is 14.0 Å². The van der Waals surface area contributed by atoms with Gasteiger partial charge in [-0.15, -0.1) is 0 Å². The van der Waals surface area contributed by atoms with E-state index < -0.39 is 10.0 Å². The first kappa shape index (κ1) is 23.2. The lowest BCUT2D eigenvalue weighted by Gasteiger charge is -2.35. The Morgan fingerprint density at radius 3 is 2.39 bits per heavy atom. The lowest BCUT2D eigenvalue weighted by atomic mass is 10.1. The lowest BCUT2D eigenvalue weighted by molar-refractivity contribution is -0.131. The predicted octanol–water partition coefficient (Wildman–Crippen LogP) is 1.92. The minimum absolute atomic E-state index is 0.211. The number of fused-ring (bicyclic) bond motifs is 1. The van der Waals surface area contributed by atoms with Crippen molar-refractivity contribution in [3.63, 3.8) is 0 Å². The maximum Gasteiger partial charge on any atom is 0.243 e. The molecule has 0 bridgehead atoms. The standard InChI is InChI=1S/C23H29N3O6S/c1-3-30-20-7-5-19(6-8-20)26(33(2,28)29)16-23(27)25-12-10-24(11-13-25)15-18-4-9-21-22(14-18)32-17-31-21/h4-9,14H,3,10-13,15-17H2,1-2H3. The molecule has 2 aliphatic rings. The van der Waals surface area contributed by atoms with Crippen molar-refractivity contribution < 1.29 is 27.4 Å². The van der Waals surface area contributed by atoms with Crippen LogP contribution in [-0.2, 0) is 21.4 Å². The SMILES string of the molecule is CCOc1ccc(N(CC(=O)N2CCN(Cc3ccc4c(c3)OCO4)CC2)S(C)(=O)=O)cc1. The zero-order chi connectivity index (χ0) is 23.4. The van der Waals surface area contributed by atoms with E-state index in [0.29, 0.717) is 44.2 Å². The van der Waals surface area contributed by atoms with Crippen LogP contribution < -0.4 is 18.5 Å². The Morgan fingerprint density at radius 2 is 1.73 bits per heavy atom. The number of carbonyl (C=O) groups is 1. The first-order valence-electron chi connectivity index (χ1n) is 10.9. The van der Waals surface area contributed by atoms with Gasteiger partial charge in [-0.1, -0.05) is 6.07 Å². The molecule has 1 fully saturated rings. The zero-order valence-electron chi connectivity index (χ0n) is 18.9. The highest BCUT2D eigenvalue weighted by Crippen LogP contribution is 2.33. The number of sulfonamides is 1. The molecule has 33 heavy (non-hydrogen) atoms. The molecule has 10 heteroatoms. The topological polar surface area (TPSA) is 88.6 Å². The van der Waals surface area contributed by atoms with Crippen LogP contribution in [0.3, 0.4) is 0 Å². The summed E-state index contributed by atoms with van der Waals surface area (Å²) in [5, 5.41) is 0. The molecular formula is C23H29N3O6S. The van der Waals surface area contributed by atoms with Crippen molar-refractivity contribution in [1.82, 2.24) is 9.80 Å². The van der Waals surface area contributed by atoms with Crippen molar-refractivity contribution in [1.29, 1.82) is 0 Å². The van der Waals surface area contributed by atoms with Crippen LogP contribution in [0.25, 0.3) is 0 Å². The largest absolute Gasteiger partial charge is 0.494 e. The predicted molar refractivity (Wildman–Crippen MR) is 124 cm³/mol.